The van der Waals surface area contributed by atoms with Gasteiger partial charge in [-0.1, -0.05) is 36.4 Å². The Balaban J connectivity index is 1.44. The molecule has 0 aliphatic heterocycles. The van der Waals surface area contributed by atoms with E-state index in [2.05, 4.69) is 10.3 Å². The van der Waals surface area contributed by atoms with Crippen LogP contribution in [0.4, 0.5) is 18.9 Å². The molecule has 0 radical (unpaired) electrons. The number of nitro groups is 1. The van der Waals surface area contributed by atoms with E-state index in [1.165, 1.54) is 30.3 Å². The van der Waals surface area contributed by atoms with Crippen LogP contribution in [0.15, 0.2) is 54.6 Å². The van der Waals surface area contributed by atoms with Gasteiger partial charge in [0.25, 0.3) is 11.6 Å². The number of alkyl halides is 3. The predicted molar refractivity (Wildman–Crippen MR) is 130 cm³/mol. The smallest absolute Gasteiger partial charge is 0.358 e. The molecule has 3 aromatic carbocycles. The van der Waals surface area contributed by atoms with E-state index in [4.69, 9.17) is 0 Å². The second-order valence-corrected chi connectivity index (χ2v) is 8.81. The Morgan fingerprint density at radius 2 is 1.66 bits per heavy atom. The number of fused-ring (bicyclic) bond motifs is 3. The number of aryl methyl sites for hydroxylation is 1. The number of benzene rings is 3. The number of aromatic nitrogens is 1. The first-order valence-corrected chi connectivity index (χ1v) is 11.5. The zero-order valence-corrected chi connectivity index (χ0v) is 19.7. The molecular formula is C27H18F3N3O5. The summed E-state index contributed by atoms with van der Waals surface area (Å²) in [7, 11) is 0. The molecule has 0 saturated carbocycles. The number of hydrogen-bond donors (Lipinski definition) is 2. The van der Waals surface area contributed by atoms with E-state index in [1.807, 2.05) is 0 Å². The molecule has 1 heterocycles. The standard InChI is InChI=1S/C27H18F3N3O5/c1-13-14(15-7-4-8-20(22(15)32-13)27(28,29)30)11-12-31-26(36)19-10-9-18-21(23(19)33(37)38)25(35)17-6-3-2-5-16(17)24(18)34/h2-10,32H,11-12H2,1H3,(H,31,36). The van der Waals surface area contributed by atoms with Gasteiger partial charge < -0.3 is 10.3 Å². The number of rotatable bonds is 5. The van der Waals surface area contributed by atoms with Gasteiger partial charge in [-0.2, -0.15) is 13.2 Å². The number of nitrogens with zero attached hydrogens (tertiary/aromatic N) is 1. The van der Waals surface area contributed by atoms with Crippen LogP contribution in [0.2, 0.25) is 0 Å². The van der Waals surface area contributed by atoms with E-state index in [9.17, 15) is 37.7 Å². The van der Waals surface area contributed by atoms with Gasteiger partial charge in [-0.15, -0.1) is 0 Å². The fourth-order valence-corrected chi connectivity index (χ4v) is 4.90. The van der Waals surface area contributed by atoms with Crippen LogP contribution in [0, 0.1) is 17.0 Å². The van der Waals surface area contributed by atoms with Gasteiger partial charge in [0.05, 0.1) is 16.0 Å². The van der Waals surface area contributed by atoms with E-state index in [0.29, 0.717) is 16.6 Å². The van der Waals surface area contributed by atoms with Gasteiger partial charge in [0.1, 0.15) is 11.1 Å². The van der Waals surface area contributed by atoms with Crippen molar-refractivity contribution < 1.29 is 32.5 Å². The zero-order chi connectivity index (χ0) is 27.4. The number of nitrogens with one attached hydrogen (secondary N) is 2. The SMILES string of the molecule is Cc1[nH]c2c(C(F)(F)F)cccc2c1CCNC(=O)c1ccc2c(c1[N+](=O)[O-])C(=O)c1ccccc1C2=O. The number of carbonyl (C=O) groups is 3. The third kappa shape index (κ3) is 3.92. The number of aromatic amines is 1. The summed E-state index contributed by atoms with van der Waals surface area (Å²) in [6, 6.07) is 12.1. The Morgan fingerprint density at radius 3 is 2.32 bits per heavy atom. The van der Waals surface area contributed by atoms with Gasteiger partial charge in [0, 0.05) is 34.3 Å². The van der Waals surface area contributed by atoms with E-state index >= 15 is 0 Å². The summed E-state index contributed by atoms with van der Waals surface area (Å²) in [6.45, 7) is 1.57. The average molecular weight is 521 g/mol. The highest BCUT2D eigenvalue weighted by Gasteiger charge is 2.38. The quantitative estimate of drug-likeness (QED) is 0.245. The van der Waals surface area contributed by atoms with Gasteiger partial charge >= 0.3 is 6.18 Å². The molecule has 0 unspecified atom stereocenters. The number of hydrogen-bond acceptors (Lipinski definition) is 5. The summed E-state index contributed by atoms with van der Waals surface area (Å²) >= 11 is 0. The fourth-order valence-electron chi connectivity index (χ4n) is 4.90. The Labute approximate surface area is 212 Å². The normalized spacial score (nSPS) is 12.8. The molecule has 4 aromatic rings. The summed E-state index contributed by atoms with van der Waals surface area (Å²) in [5.74, 6) is -2.14. The number of halogens is 3. The Morgan fingerprint density at radius 1 is 0.974 bits per heavy atom. The minimum absolute atomic E-state index is 0.0127. The van der Waals surface area contributed by atoms with Crippen LogP contribution in [-0.2, 0) is 12.6 Å². The van der Waals surface area contributed by atoms with Crippen molar-refractivity contribution in [2.75, 3.05) is 6.54 Å². The van der Waals surface area contributed by atoms with E-state index < -0.39 is 51.0 Å². The molecular weight excluding hydrogens is 503 g/mol. The average Bonchev–Trinajstić information content (AvgIpc) is 3.20. The first-order chi connectivity index (χ1) is 18.0. The largest absolute Gasteiger partial charge is 0.418 e. The minimum atomic E-state index is -4.55. The molecule has 1 aliphatic carbocycles. The van der Waals surface area contributed by atoms with Crippen LogP contribution < -0.4 is 5.32 Å². The zero-order valence-electron chi connectivity index (χ0n) is 19.7. The lowest BCUT2D eigenvalue weighted by Gasteiger charge is -2.18. The van der Waals surface area contributed by atoms with Crippen molar-refractivity contribution in [2.24, 2.45) is 0 Å². The monoisotopic (exact) mass is 521 g/mol. The van der Waals surface area contributed by atoms with Crippen LogP contribution in [0.1, 0.15) is 59.0 Å². The van der Waals surface area contributed by atoms with Crippen molar-refractivity contribution in [2.45, 2.75) is 19.5 Å². The number of ketones is 2. The topological polar surface area (TPSA) is 122 Å². The molecule has 1 amide bonds. The van der Waals surface area contributed by atoms with Crippen molar-refractivity contribution in [3.63, 3.8) is 0 Å². The molecule has 0 fully saturated rings. The molecule has 0 bridgehead atoms. The third-order valence-corrected chi connectivity index (χ3v) is 6.61. The highest BCUT2D eigenvalue weighted by atomic mass is 19.4. The summed E-state index contributed by atoms with van der Waals surface area (Å²) < 4.78 is 40.2. The summed E-state index contributed by atoms with van der Waals surface area (Å²) in [5.41, 5.74) is -1.46. The fraction of sp³-hybridized carbons (Fsp3) is 0.148. The predicted octanol–water partition coefficient (Wildman–Crippen LogP) is 5.15. The Kier molecular flexibility index (Phi) is 5.85. The van der Waals surface area contributed by atoms with Crippen LogP contribution in [0.25, 0.3) is 10.9 Å². The molecule has 38 heavy (non-hydrogen) atoms. The number of para-hydroxylation sites is 1. The second-order valence-electron chi connectivity index (χ2n) is 8.81. The van der Waals surface area contributed by atoms with Crippen LogP contribution in [0.5, 0.6) is 0 Å². The lowest BCUT2D eigenvalue weighted by Crippen LogP contribution is -2.29. The second kappa shape index (κ2) is 8.94. The van der Waals surface area contributed by atoms with Crippen molar-refractivity contribution in [1.82, 2.24) is 10.3 Å². The van der Waals surface area contributed by atoms with Gasteiger partial charge in [-0.25, -0.2) is 0 Å². The van der Waals surface area contributed by atoms with Gasteiger partial charge in [-0.3, -0.25) is 24.5 Å². The Bertz CT molecular complexity index is 1690. The molecule has 5 rings (SSSR count). The van der Waals surface area contributed by atoms with E-state index in [1.54, 1.807) is 19.1 Å². The summed E-state index contributed by atoms with van der Waals surface area (Å²) in [6.07, 6.45) is -4.41. The van der Waals surface area contributed by atoms with Crippen LogP contribution in [0.3, 0.4) is 0 Å². The maximum Gasteiger partial charge on any atom is 0.418 e. The maximum atomic E-state index is 13.4. The summed E-state index contributed by atoms with van der Waals surface area (Å²) in [5, 5.41) is 14.9. The maximum absolute atomic E-state index is 13.4. The highest BCUT2D eigenvalue weighted by Crippen LogP contribution is 2.37. The van der Waals surface area contributed by atoms with Crippen molar-refractivity contribution in [1.29, 1.82) is 0 Å². The van der Waals surface area contributed by atoms with Crippen molar-refractivity contribution >= 4 is 34.1 Å². The van der Waals surface area contributed by atoms with Gasteiger partial charge in [0.2, 0.25) is 5.78 Å². The third-order valence-electron chi connectivity index (χ3n) is 6.61. The number of carbonyl (C=O) groups excluding carboxylic acids is 3. The number of amides is 1. The van der Waals surface area contributed by atoms with Crippen LogP contribution in [-0.4, -0.2) is 33.9 Å². The molecule has 1 aromatic heterocycles. The lowest BCUT2D eigenvalue weighted by atomic mass is 9.82. The summed E-state index contributed by atoms with van der Waals surface area (Å²) in [4.78, 5) is 52.9. The molecule has 2 N–H and O–H groups in total. The van der Waals surface area contributed by atoms with Crippen molar-refractivity contribution in [3.05, 3.63) is 109 Å². The molecule has 1 aliphatic rings. The first kappa shape index (κ1) is 24.9. The van der Waals surface area contributed by atoms with Gasteiger partial charge in [0.15, 0.2) is 5.78 Å². The molecule has 192 valence electrons. The molecule has 8 nitrogen and oxygen atoms in total. The van der Waals surface area contributed by atoms with Crippen LogP contribution >= 0.6 is 0 Å². The van der Waals surface area contributed by atoms with Crippen molar-refractivity contribution in [3.8, 4) is 0 Å². The molecule has 0 atom stereocenters. The minimum Gasteiger partial charge on any atom is -0.358 e. The van der Waals surface area contributed by atoms with Gasteiger partial charge in [-0.05, 0) is 37.1 Å². The highest BCUT2D eigenvalue weighted by molar-refractivity contribution is 6.30. The number of nitro benzene ring substituents is 1. The lowest BCUT2D eigenvalue weighted by molar-refractivity contribution is -0.385. The first-order valence-electron chi connectivity index (χ1n) is 11.5. The Hall–Kier alpha value is -4.80. The molecule has 0 spiro atoms. The number of H-pyrrole nitrogens is 1. The molecule has 0 saturated heterocycles. The van der Waals surface area contributed by atoms with E-state index in [-0.39, 0.29) is 35.2 Å². The van der Waals surface area contributed by atoms with E-state index in [0.717, 1.165) is 12.1 Å². The molecule has 11 heteroatoms.